The number of halogens is 1. The number of aliphatic imine (C=N–C) groups is 1. The molecule has 0 unspecified atom stereocenters. The van der Waals surface area contributed by atoms with Gasteiger partial charge in [0.05, 0.1) is 6.54 Å². The minimum atomic E-state index is 0. The lowest BCUT2D eigenvalue weighted by Gasteiger charge is -2.27. The third-order valence-electron chi connectivity index (χ3n) is 6.28. The van der Waals surface area contributed by atoms with Crippen LogP contribution in [0.2, 0.25) is 0 Å². The van der Waals surface area contributed by atoms with Gasteiger partial charge in [0.2, 0.25) is 5.91 Å². The Labute approximate surface area is 211 Å². The number of benzene rings is 1. The van der Waals surface area contributed by atoms with E-state index in [2.05, 4.69) is 46.7 Å². The number of nitrogens with one attached hydrogen (secondary N) is 2. The van der Waals surface area contributed by atoms with Crippen molar-refractivity contribution in [2.75, 3.05) is 39.3 Å². The maximum atomic E-state index is 12.1. The summed E-state index contributed by atoms with van der Waals surface area (Å²) in [5.41, 5.74) is 2.70. The van der Waals surface area contributed by atoms with Gasteiger partial charge in [-0.05, 0) is 63.2 Å². The van der Waals surface area contributed by atoms with Crippen LogP contribution in [-0.4, -0.2) is 60.9 Å². The summed E-state index contributed by atoms with van der Waals surface area (Å²) in [5.74, 6) is 1.18. The summed E-state index contributed by atoms with van der Waals surface area (Å²) in [7, 11) is 0. The first kappa shape index (κ1) is 26.9. The Kier molecular flexibility index (Phi) is 13.0. The molecule has 2 saturated heterocycles. The van der Waals surface area contributed by atoms with Gasteiger partial charge < -0.3 is 15.5 Å². The van der Waals surface area contributed by atoms with Gasteiger partial charge >= 0.3 is 0 Å². The fourth-order valence-corrected chi connectivity index (χ4v) is 4.48. The molecule has 7 heteroatoms. The van der Waals surface area contributed by atoms with E-state index in [9.17, 15) is 4.79 Å². The normalized spacial score (nSPS) is 18.1. The fourth-order valence-electron chi connectivity index (χ4n) is 4.48. The number of hydrogen-bond donors (Lipinski definition) is 2. The van der Waals surface area contributed by atoms with Crippen molar-refractivity contribution in [3.63, 3.8) is 0 Å². The number of likely N-dealkylation sites (tertiary alicyclic amines) is 2. The number of nitrogens with zero attached hydrogens (tertiary/aromatic N) is 3. The quantitative estimate of drug-likeness (QED) is 0.208. The number of amides is 1. The van der Waals surface area contributed by atoms with Crippen LogP contribution < -0.4 is 10.6 Å². The Balaban J connectivity index is 0.00000363. The fraction of sp³-hybridized carbons (Fsp3) is 0.680. The second-order valence-electron chi connectivity index (χ2n) is 8.77. The highest BCUT2D eigenvalue weighted by atomic mass is 127. The van der Waals surface area contributed by atoms with E-state index in [0.717, 1.165) is 57.9 Å². The summed E-state index contributed by atoms with van der Waals surface area (Å²) in [6, 6.07) is 8.71. The molecule has 3 rings (SSSR count). The van der Waals surface area contributed by atoms with Gasteiger partial charge in [-0.25, -0.2) is 4.99 Å². The number of hydrogen-bond acceptors (Lipinski definition) is 3. The average Bonchev–Trinajstić information content (AvgIpc) is 3.00. The molecule has 1 amide bonds. The van der Waals surface area contributed by atoms with E-state index in [4.69, 9.17) is 4.99 Å². The van der Waals surface area contributed by atoms with Gasteiger partial charge in [-0.3, -0.25) is 9.69 Å². The lowest BCUT2D eigenvalue weighted by atomic mass is 10.1. The van der Waals surface area contributed by atoms with Crippen LogP contribution in [0.15, 0.2) is 29.3 Å². The first-order valence-corrected chi connectivity index (χ1v) is 12.4. The maximum absolute atomic E-state index is 12.1. The minimum Gasteiger partial charge on any atom is -0.357 e. The predicted octanol–water partition coefficient (Wildman–Crippen LogP) is 4.14. The lowest BCUT2D eigenvalue weighted by molar-refractivity contribution is -0.130. The molecule has 32 heavy (non-hydrogen) atoms. The number of guanidine groups is 1. The molecule has 0 bridgehead atoms. The first-order chi connectivity index (χ1) is 15.3. The van der Waals surface area contributed by atoms with Crippen LogP contribution in [0.5, 0.6) is 0 Å². The summed E-state index contributed by atoms with van der Waals surface area (Å²) in [5, 5.41) is 6.81. The Hall–Kier alpha value is -1.35. The molecule has 1 aromatic rings. The summed E-state index contributed by atoms with van der Waals surface area (Å²) in [4.78, 5) is 21.6. The molecule has 180 valence electrons. The Bertz CT molecular complexity index is 705. The summed E-state index contributed by atoms with van der Waals surface area (Å²) < 4.78 is 0. The third kappa shape index (κ3) is 9.25. The molecular formula is C25H42IN5O. The van der Waals surface area contributed by atoms with Crippen LogP contribution in [0.25, 0.3) is 0 Å². The predicted molar refractivity (Wildman–Crippen MR) is 143 cm³/mol. The van der Waals surface area contributed by atoms with E-state index < -0.39 is 0 Å². The van der Waals surface area contributed by atoms with Gasteiger partial charge in [0, 0.05) is 39.1 Å². The molecule has 2 fully saturated rings. The topological polar surface area (TPSA) is 60.0 Å². The standard InChI is InChI=1S/C25H41N5O.HI/c1-2-26-25(27-15-11-19-30-18-10-3-5-14-24(30)31)28-20-22-12-6-7-13-23(22)21-29-16-8-4-9-17-29;/h6-7,12-13H,2-5,8-11,14-21H2,1H3,(H2,26,27,28);1H. The zero-order chi connectivity index (χ0) is 21.7. The van der Waals surface area contributed by atoms with Gasteiger partial charge in [-0.15, -0.1) is 24.0 Å². The first-order valence-electron chi connectivity index (χ1n) is 12.4. The zero-order valence-electron chi connectivity index (χ0n) is 19.8. The van der Waals surface area contributed by atoms with E-state index in [0.29, 0.717) is 18.9 Å². The molecule has 2 aliphatic heterocycles. The van der Waals surface area contributed by atoms with E-state index in [1.54, 1.807) is 0 Å². The molecule has 6 nitrogen and oxygen atoms in total. The molecule has 0 aromatic heterocycles. The van der Waals surface area contributed by atoms with Crippen LogP contribution in [0.3, 0.4) is 0 Å². The number of carbonyl (C=O) groups excluding carboxylic acids is 1. The average molecular weight is 556 g/mol. The van der Waals surface area contributed by atoms with E-state index in [1.807, 2.05) is 4.90 Å². The van der Waals surface area contributed by atoms with Gasteiger partial charge in [0.1, 0.15) is 0 Å². The molecule has 0 aliphatic carbocycles. The molecule has 2 N–H and O–H groups in total. The van der Waals surface area contributed by atoms with E-state index in [-0.39, 0.29) is 24.0 Å². The van der Waals surface area contributed by atoms with Crippen molar-refractivity contribution >= 4 is 35.8 Å². The van der Waals surface area contributed by atoms with E-state index in [1.165, 1.54) is 49.9 Å². The molecule has 0 spiro atoms. The van der Waals surface area contributed by atoms with Crippen LogP contribution >= 0.6 is 24.0 Å². The summed E-state index contributed by atoms with van der Waals surface area (Å²) in [6.45, 7) is 9.64. The van der Waals surface area contributed by atoms with E-state index >= 15 is 0 Å². The summed E-state index contributed by atoms with van der Waals surface area (Å²) >= 11 is 0. The van der Waals surface area contributed by atoms with Crippen molar-refractivity contribution in [2.45, 2.75) is 71.4 Å². The van der Waals surface area contributed by atoms with Crippen LogP contribution in [-0.2, 0) is 17.9 Å². The van der Waals surface area contributed by atoms with Gasteiger partial charge in [0.15, 0.2) is 5.96 Å². The Morgan fingerprint density at radius 3 is 2.47 bits per heavy atom. The minimum absolute atomic E-state index is 0. The summed E-state index contributed by atoms with van der Waals surface area (Å²) in [6.07, 6.45) is 9.03. The highest BCUT2D eigenvalue weighted by Crippen LogP contribution is 2.17. The second kappa shape index (κ2) is 15.5. The molecule has 2 heterocycles. The van der Waals surface area contributed by atoms with Crippen molar-refractivity contribution in [3.8, 4) is 0 Å². The molecule has 0 atom stereocenters. The second-order valence-corrected chi connectivity index (χ2v) is 8.77. The van der Waals surface area contributed by atoms with Crippen LogP contribution in [0.4, 0.5) is 0 Å². The molecular weight excluding hydrogens is 513 g/mol. The highest BCUT2D eigenvalue weighted by Gasteiger charge is 2.16. The monoisotopic (exact) mass is 555 g/mol. The molecule has 0 radical (unpaired) electrons. The molecule has 0 saturated carbocycles. The highest BCUT2D eigenvalue weighted by molar-refractivity contribution is 14.0. The number of piperidine rings is 1. The Morgan fingerprint density at radius 1 is 0.969 bits per heavy atom. The molecule has 2 aliphatic rings. The third-order valence-corrected chi connectivity index (χ3v) is 6.28. The Morgan fingerprint density at radius 2 is 1.69 bits per heavy atom. The number of rotatable bonds is 9. The zero-order valence-corrected chi connectivity index (χ0v) is 22.1. The molecule has 1 aromatic carbocycles. The largest absolute Gasteiger partial charge is 0.357 e. The van der Waals surface area contributed by atoms with Gasteiger partial charge in [-0.1, -0.05) is 37.1 Å². The van der Waals surface area contributed by atoms with Crippen molar-refractivity contribution < 1.29 is 4.79 Å². The van der Waals surface area contributed by atoms with Gasteiger partial charge in [0.25, 0.3) is 0 Å². The smallest absolute Gasteiger partial charge is 0.222 e. The van der Waals surface area contributed by atoms with Crippen molar-refractivity contribution in [1.82, 2.24) is 20.4 Å². The van der Waals surface area contributed by atoms with Crippen molar-refractivity contribution in [3.05, 3.63) is 35.4 Å². The SMILES string of the molecule is CCNC(=NCc1ccccc1CN1CCCCC1)NCCCN1CCCCCC1=O.I. The van der Waals surface area contributed by atoms with Crippen LogP contribution in [0.1, 0.15) is 69.4 Å². The maximum Gasteiger partial charge on any atom is 0.222 e. The van der Waals surface area contributed by atoms with Crippen molar-refractivity contribution in [2.24, 2.45) is 4.99 Å². The van der Waals surface area contributed by atoms with Crippen LogP contribution in [0, 0.1) is 0 Å². The lowest BCUT2D eigenvalue weighted by Crippen LogP contribution is -2.39. The number of carbonyl (C=O) groups is 1. The van der Waals surface area contributed by atoms with Crippen molar-refractivity contribution in [1.29, 1.82) is 0 Å². The van der Waals surface area contributed by atoms with Gasteiger partial charge in [-0.2, -0.15) is 0 Å².